The van der Waals surface area contributed by atoms with Gasteiger partial charge in [-0.25, -0.2) is 0 Å². The second-order valence-electron chi connectivity index (χ2n) is 7.20. The fourth-order valence-electron chi connectivity index (χ4n) is 3.09. The number of hydrogen-bond acceptors (Lipinski definition) is 4. The number of carbonyl (C=O) groups excluding carboxylic acids is 1. The van der Waals surface area contributed by atoms with Gasteiger partial charge in [0, 0.05) is 30.8 Å². The van der Waals surface area contributed by atoms with Gasteiger partial charge in [-0.2, -0.15) is 5.10 Å². The third-order valence-electron chi connectivity index (χ3n) is 4.34. The van der Waals surface area contributed by atoms with Crippen LogP contribution < -0.4 is 9.47 Å². The molecule has 1 aliphatic heterocycles. The van der Waals surface area contributed by atoms with Crippen LogP contribution in [-0.4, -0.2) is 40.8 Å². The Hall–Kier alpha value is -2.50. The Labute approximate surface area is 148 Å². The van der Waals surface area contributed by atoms with Gasteiger partial charge in [0.25, 0.3) is 5.91 Å². The van der Waals surface area contributed by atoms with E-state index >= 15 is 0 Å². The van der Waals surface area contributed by atoms with Crippen LogP contribution in [0.15, 0.2) is 30.5 Å². The second-order valence-corrected chi connectivity index (χ2v) is 7.20. The molecule has 0 spiro atoms. The molecule has 0 fully saturated rings. The molecule has 2 heterocycles. The van der Waals surface area contributed by atoms with E-state index < -0.39 is 0 Å². The Morgan fingerprint density at radius 1 is 1.24 bits per heavy atom. The lowest BCUT2D eigenvalue weighted by Crippen LogP contribution is -2.40. The molecule has 1 aromatic carbocycles. The first-order chi connectivity index (χ1) is 11.9. The SMILES string of the molecule is COc1ccccc1OCC(=O)N1CCc2c(cnn2C(C)(C)C)C1. The predicted octanol–water partition coefficient (Wildman–Crippen LogP) is 2.61. The average Bonchev–Trinajstić information content (AvgIpc) is 3.03. The quantitative estimate of drug-likeness (QED) is 0.856. The van der Waals surface area contributed by atoms with Crippen molar-refractivity contribution in [2.45, 2.75) is 39.3 Å². The van der Waals surface area contributed by atoms with Crippen molar-refractivity contribution in [1.29, 1.82) is 0 Å². The highest BCUT2D eigenvalue weighted by molar-refractivity contribution is 5.78. The third kappa shape index (κ3) is 3.62. The lowest BCUT2D eigenvalue weighted by molar-refractivity contribution is -0.134. The number of fused-ring (bicyclic) bond motifs is 1. The van der Waals surface area contributed by atoms with Gasteiger partial charge in [0.15, 0.2) is 18.1 Å². The summed E-state index contributed by atoms with van der Waals surface area (Å²) in [5.74, 6) is 1.18. The fourth-order valence-corrected chi connectivity index (χ4v) is 3.09. The number of nitrogens with zero attached hydrogens (tertiary/aromatic N) is 3. The van der Waals surface area contributed by atoms with Crippen LogP contribution in [0.3, 0.4) is 0 Å². The molecule has 0 aliphatic carbocycles. The standard InChI is InChI=1S/C19H25N3O3/c1-19(2,3)22-15-9-10-21(12-14(15)11-20-22)18(23)13-25-17-8-6-5-7-16(17)24-4/h5-8,11H,9-10,12-13H2,1-4H3. The number of rotatable bonds is 4. The maximum Gasteiger partial charge on any atom is 0.260 e. The maximum absolute atomic E-state index is 12.5. The van der Waals surface area contributed by atoms with Crippen molar-refractivity contribution < 1.29 is 14.3 Å². The van der Waals surface area contributed by atoms with Gasteiger partial charge in [-0.1, -0.05) is 12.1 Å². The summed E-state index contributed by atoms with van der Waals surface area (Å²) >= 11 is 0. The molecule has 6 nitrogen and oxygen atoms in total. The van der Waals surface area contributed by atoms with Crippen molar-refractivity contribution in [3.05, 3.63) is 41.7 Å². The van der Waals surface area contributed by atoms with E-state index in [4.69, 9.17) is 9.47 Å². The zero-order valence-corrected chi connectivity index (χ0v) is 15.3. The van der Waals surface area contributed by atoms with E-state index in [0.717, 1.165) is 12.0 Å². The average molecular weight is 343 g/mol. The summed E-state index contributed by atoms with van der Waals surface area (Å²) in [7, 11) is 1.59. The normalized spacial score (nSPS) is 14.2. The molecule has 0 atom stereocenters. The van der Waals surface area contributed by atoms with E-state index in [-0.39, 0.29) is 18.1 Å². The van der Waals surface area contributed by atoms with Crippen LogP contribution in [0.4, 0.5) is 0 Å². The lowest BCUT2D eigenvalue weighted by Gasteiger charge is -2.30. The molecular formula is C19H25N3O3. The van der Waals surface area contributed by atoms with E-state index in [1.54, 1.807) is 13.2 Å². The summed E-state index contributed by atoms with van der Waals surface area (Å²) in [5.41, 5.74) is 2.29. The first-order valence-electron chi connectivity index (χ1n) is 8.50. The Morgan fingerprint density at radius 2 is 1.96 bits per heavy atom. The van der Waals surface area contributed by atoms with E-state index in [1.165, 1.54) is 5.69 Å². The Kier molecular flexibility index (Phi) is 4.70. The van der Waals surface area contributed by atoms with E-state index in [0.29, 0.717) is 24.6 Å². The topological polar surface area (TPSA) is 56.6 Å². The van der Waals surface area contributed by atoms with Gasteiger partial charge in [-0.05, 0) is 32.9 Å². The maximum atomic E-state index is 12.5. The van der Waals surface area contributed by atoms with Crippen molar-refractivity contribution in [2.24, 2.45) is 0 Å². The molecule has 0 saturated carbocycles. The summed E-state index contributed by atoms with van der Waals surface area (Å²) in [6.45, 7) is 7.68. The molecule has 0 unspecified atom stereocenters. The summed E-state index contributed by atoms with van der Waals surface area (Å²) in [5, 5.41) is 4.51. The largest absolute Gasteiger partial charge is 0.493 e. The Balaban J connectivity index is 1.64. The van der Waals surface area contributed by atoms with Gasteiger partial charge in [0.1, 0.15) is 0 Å². The number of methoxy groups -OCH3 is 1. The molecule has 1 aromatic heterocycles. The molecule has 3 rings (SSSR count). The number of benzene rings is 1. The molecule has 1 aliphatic rings. The van der Waals surface area contributed by atoms with Crippen molar-refractivity contribution in [2.75, 3.05) is 20.3 Å². The van der Waals surface area contributed by atoms with Crippen molar-refractivity contribution in [3.8, 4) is 11.5 Å². The van der Waals surface area contributed by atoms with Gasteiger partial charge < -0.3 is 14.4 Å². The minimum absolute atomic E-state index is 0.00309. The molecule has 0 bridgehead atoms. The van der Waals surface area contributed by atoms with Gasteiger partial charge >= 0.3 is 0 Å². The van der Waals surface area contributed by atoms with Crippen molar-refractivity contribution in [3.63, 3.8) is 0 Å². The molecule has 0 saturated heterocycles. The summed E-state index contributed by atoms with van der Waals surface area (Å²) < 4.78 is 13.0. The highest BCUT2D eigenvalue weighted by atomic mass is 16.5. The van der Waals surface area contributed by atoms with Gasteiger partial charge in [-0.3, -0.25) is 9.48 Å². The van der Waals surface area contributed by atoms with Gasteiger partial charge in [0.2, 0.25) is 0 Å². The van der Waals surface area contributed by atoms with Crippen LogP contribution in [0.1, 0.15) is 32.0 Å². The van der Waals surface area contributed by atoms with Gasteiger partial charge in [0.05, 0.1) is 18.8 Å². The molecule has 134 valence electrons. The first kappa shape index (κ1) is 17.3. The highest BCUT2D eigenvalue weighted by Gasteiger charge is 2.27. The van der Waals surface area contributed by atoms with Crippen molar-refractivity contribution >= 4 is 5.91 Å². The molecule has 6 heteroatoms. The summed E-state index contributed by atoms with van der Waals surface area (Å²) in [4.78, 5) is 14.3. The number of hydrogen-bond donors (Lipinski definition) is 0. The smallest absolute Gasteiger partial charge is 0.260 e. The Bertz CT molecular complexity index is 762. The molecule has 2 aromatic rings. The first-order valence-corrected chi connectivity index (χ1v) is 8.50. The molecule has 1 amide bonds. The zero-order chi connectivity index (χ0) is 18.0. The molecule has 0 N–H and O–H groups in total. The fraction of sp³-hybridized carbons (Fsp3) is 0.474. The summed E-state index contributed by atoms with van der Waals surface area (Å²) in [6, 6.07) is 7.34. The Morgan fingerprint density at radius 3 is 2.64 bits per heavy atom. The number of para-hydroxylation sites is 2. The number of carbonyl (C=O) groups is 1. The third-order valence-corrected chi connectivity index (χ3v) is 4.34. The zero-order valence-electron chi connectivity index (χ0n) is 15.3. The van der Waals surface area contributed by atoms with Crippen LogP contribution in [-0.2, 0) is 23.3 Å². The highest BCUT2D eigenvalue weighted by Crippen LogP contribution is 2.27. The van der Waals surface area contributed by atoms with Crippen LogP contribution in [0, 0.1) is 0 Å². The number of ether oxygens (including phenoxy) is 2. The molecular weight excluding hydrogens is 318 g/mol. The molecule has 0 radical (unpaired) electrons. The molecule has 25 heavy (non-hydrogen) atoms. The lowest BCUT2D eigenvalue weighted by atomic mass is 10.0. The van der Waals surface area contributed by atoms with E-state index in [1.807, 2.05) is 29.3 Å². The van der Waals surface area contributed by atoms with Crippen LogP contribution in [0.25, 0.3) is 0 Å². The summed E-state index contributed by atoms with van der Waals surface area (Å²) in [6.07, 6.45) is 2.69. The van der Waals surface area contributed by atoms with Gasteiger partial charge in [-0.15, -0.1) is 0 Å². The van der Waals surface area contributed by atoms with Crippen molar-refractivity contribution in [1.82, 2.24) is 14.7 Å². The second kappa shape index (κ2) is 6.78. The van der Waals surface area contributed by atoms with Crippen LogP contribution in [0.5, 0.6) is 11.5 Å². The minimum Gasteiger partial charge on any atom is -0.493 e. The monoisotopic (exact) mass is 343 g/mol. The number of amides is 1. The van der Waals surface area contributed by atoms with E-state index in [2.05, 4.69) is 30.6 Å². The minimum atomic E-state index is -0.0489. The van der Waals surface area contributed by atoms with E-state index in [9.17, 15) is 4.79 Å². The number of aromatic nitrogens is 2. The van der Waals surface area contributed by atoms with Crippen LogP contribution >= 0.6 is 0 Å². The predicted molar refractivity (Wildman–Crippen MR) is 94.8 cm³/mol. The van der Waals surface area contributed by atoms with Crippen LogP contribution in [0.2, 0.25) is 0 Å².